The average Bonchev–Trinajstić information content (AvgIpc) is 4.04. The number of methoxy groups -OCH3 is 3. The summed E-state index contributed by atoms with van der Waals surface area (Å²) < 4.78 is 85.8. The predicted molar refractivity (Wildman–Crippen MR) is 272 cm³/mol. The number of thiazole rings is 2. The Kier molecular flexibility index (Phi) is 15.5. The highest BCUT2D eigenvalue weighted by molar-refractivity contribution is 7.89. The summed E-state index contributed by atoms with van der Waals surface area (Å²) in [6.07, 6.45) is 0. The molecule has 0 aliphatic carbocycles. The van der Waals surface area contributed by atoms with Gasteiger partial charge >= 0.3 is 0 Å². The molecule has 4 heterocycles. The van der Waals surface area contributed by atoms with Crippen LogP contribution in [0.25, 0.3) is 22.5 Å². The third-order valence-corrected chi connectivity index (χ3v) is 17.8. The van der Waals surface area contributed by atoms with Crippen LogP contribution in [0.5, 0.6) is 17.2 Å². The van der Waals surface area contributed by atoms with Gasteiger partial charge in [0.2, 0.25) is 25.8 Å². The molecule has 4 aromatic carbocycles. The molecule has 19 heteroatoms. The maximum Gasteiger partial charge on any atom is 0.243 e. The van der Waals surface area contributed by atoms with Crippen molar-refractivity contribution >= 4 is 64.6 Å². The van der Waals surface area contributed by atoms with Crippen molar-refractivity contribution in [3.8, 4) is 39.8 Å². The molecule has 2 fully saturated rings. The Labute approximate surface area is 413 Å². The number of rotatable bonds is 11. The van der Waals surface area contributed by atoms with Crippen LogP contribution in [0.1, 0.15) is 52.7 Å². The summed E-state index contributed by atoms with van der Waals surface area (Å²) in [7, 11) is -2.34. The van der Waals surface area contributed by atoms with Crippen LogP contribution in [0.2, 0.25) is 5.02 Å². The fourth-order valence-electron chi connectivity index (χ4n) is 7.76. The van der Waals surface area contributed by atoms with E-state index in [0.717, 1.165) is 32.6 Å². The topological polar surface area (TPSA) is 135 Å². The molecule has 0 unspecified atom stereocenters. The molecule has 2 aromatic heterocycles. The number of benzene rings is 4. The SMILES string of the molecule is CC(C)(C)c1ccc(S(=O)(=O)N2CCN(c3nc(-c4ccc(Cl)c(F)c4)cs3)CC2)cc1.COc1cc(-c2csc(N3CCN(S(=O)(=O)c4ccc(C(C)(C)C)cc4)CC3)n2)cc(OC)c1OC. The maximum atomic E-state index is 13.8. The number of aromatic nitrogens is 2. The Morgan fingerprint density at radius 3 is 1.31 bits per heavy atom. The fraction of sp³-hybridized carbons (Fsp3) is 0.388. The van der Waals surface area contributed by atoms with Gasteiger partial charge in [0.1, 0.15) is 5.82 Å². The summed E-state index contributed by atoms with van der Waals surface area (Å²) >= 11 is 8.75. The molecule has 0 N–H and O–H groups in total. The summed E-state index contributed by atoms with van der Waals surface area (Å²) in [6, 6.07) is 22.8. The van der Waals surface area contributed by atoms with Crippen LogP contribution in [0.3, 0.4) is 0 Å². The van der Waals surface area contributed by atoms with Gasteiger partial charge in [0.25, 0.3) is 0 Å². The number of nitrogens with zero attached hydrogens (tertiary/aromatic N) is 6. The van der Waals surface area contributed by atoms with Crippen LogP contribution >= 0.6 is 34.3 Å². The van der Waals surface area contributed by atoms with Crippen LogP contribution in [0, 0.1) is 5.82 Å². The third kappa shape index (κ3) is 11.3. The number of hydrogen-bond donors (Lipinski definition) is 0. The van der Waals surface area contributed by atoms with Crippen molar-refractivity contribution in [3.05, 3.63) is 112 Å². The Morgan fingerprint density at radius 2 is 0.956 bits per heavy atom. The van der Waals surface area contributed by atoms with Gasteiger partial charge in [-0.3, -0.25) is 0 Å². The van der Waals surface area contributed by atoms with Crippen LogP contribution in [-0.2, 0) is 30.9 Å². The van der Waals surface area contributed by atoms with E-state index in [-0.39, 0.29) is 15.9 Å². The van der Waals surface area contributed by atoms with Gasteiger partial charge in [0.15, 0.2) is 21.8 Å². The minimum absolute atomic E-state index is 0.0252. The molecule has 2 saturated heterocycles. The van der Waals surface area contributed by atoms with E-state index in [1.807, 2.05) is 47.2 Å². The summed E-state index contributed by atoms with van der Waals surface area (Å²) in [6.45, 7) is 16.4. The molecule has 2 aliphatic heterocycles. The lowest BCUT2D eigenvalue weighted by Gasteiger charge is -2.33. The molecule has 0 amide bonds. The van der Waals surface area contributed by atoms with Gasteiger partial charge in [-0.15, -0.1) is 22.7 Å². The molecule has 68 heavy (non-hydrogen) atoms. The zero-order chi connectivity index (χ0) is 49.2. The Hall–Kier alpha value is -4.82. The Bertz CT molecular complexity index is 2900. The minimum Gasteiger partial charge on any atom is -0.493 e. The zero-order valence-corrected chi connectivity index (χ0v) is 43.8. The summed E-state index contributed by atoms with van der Waals surface area (Å²) in [5, 5.41) is 5.58. The predicted octanol–water partition coefficient (Wildman–Crippen LogP) is 10.1. The molecule has 2 aliphatic rings. The Balaban J connectivity index is 0.000000203. The number of ether oxygens (including phenoxy) is 3. The molecule has 13 nitrogen and oxygen atoms in total. The van der Waals surface area contributed by atoms with Gasteiger partial charge in [-0.2, -0.15) is 8.61 Å². The standard InChI is InChI=1S/C26H33N3O5S2.C23H25ClFN3O2S2/c1-26(2,3)19-7-9-20(10-8-19)36(30,31)29-13-11-28(12-14-29)25-27-21(17-35-25)18-15-22(32-4)24(34-6)23(16-18)33-5;1-23(2,3)17-5-7-18(8-6-17)32(29,30)28-12-10-27(11-13-28)22-26-21(15-31-22)16-4-9-19(24)20(25)14-16/h7-10,15-17H,11-14H2,1-6H3;4-9,14-15H,10-13H2,1-3H3. The minimum atomic E-state index is -3.54. The third-order valence-electron chi connectivity index (χ3n) is 11.9. The van der Waals surface area contributed by atoms with E-state index >= 15 is 0 Å². The van der Waals surface area contributed by atoms with E-state index in [4.69, 9.17) is 30.8 Å². The van der Waals surface area contributed by atoms with Gasteiger partial charge in [-0.25, -0.2) is 31.2 Å². The van der Waals surface area contributed by atoms with Crippen molar-refractivity contribution in [2.24, 2.45) is 0 Å². The van der Waals surface area contributed by atoms with Crippen molar-refractivity contribution in [1.29, 1.82) is 0 Å². The first-order valence-electron chi connectivity index (χ1n) is 22.0. The van der Waals surface area contributed by atoms with E-state index in [9.17, 15) is 21.2 Å². The molecule has 0 atom stereocenters. The van der Waals surface area contributed by atoms with Crippen molar-refractivity contribution in [3.63, 3.8) is 0 Å². The highest BCUT2D eigenvalue weighted by Crippen LogP contribution is 2.42. The summed E-state index contributed by atoms with van der Waals surface area (Å²) in [5.41, 5.74) is 5.14. The van der Waals surface area contributed by atoms with Gasteiger partial charge in [0, 0.05) is 74.2 Å². The van der Waals surface area contributed by atoms with E-state index in [1.54, 1.807) is 56.0 Å². The maximum absolute atomic E-state index is 13.8. The smallest absolute Gasteiger partial charge is 0.243 e. The lowest BCUT2D eigenvalue weighted by molar-refractivity contribution is 0.324. The van der Waals surface area contributed by atoms with Crippen molar-refractivity contribution in [1.82, 2.24) is 18.6 Å². The van der Waals surface area contributed by atoms with Crippen molar-refractivity contribution in [2.75, 3.05) is 83.5 Å². The lowest BCUT2D eigenvalue weighted by atomic mass is 9.87. The average molecular weight is 1030 g/mol. The normalized spacial score (nSPS) is 15.5. The second kappa shape index (κ2) is 20.6. The van der Waals surface area contributed by atoms with E-state index in [1.165, 1.54) is 39.1 Å². The molecular formula is C49H58ClFN6O7S4. The Morgan fingerprint density at radius 1 is 0.559 bits per heavy atom. The first-order valence-corrected chi connectivity index (χ1v) is 27.0. The number of piperazine rings is 2. The van der Waals surface area contributed by atoms with E-state index in [0.29, 0.717) is 90.7 Å². The van der Waals surface area contributed by atoms with Crippen molar-refractivity contribution in [2.45, 2.75) is 62.2 Å². The molecule has 0 spiro atoms. The number of halogens is 2. The first-order chi connectivity index (χ1) is 32.1. The number of hydrogen-bond acceptors (Lipinski definition) is 13. The summed E-state index contributed by atoms with van der Waals surface area (Å²) in [4.78, 5) is 14.3. The van der Waals surface area contributed by atoms with Crippen LogP contribution in [0.15, 0.2) is 99.4 Å². The van der Waals surface area contributed by atoms with Crippen molar-refractivity contribution < 1.29 is 35.4 Å². The molecule has 6 aromatic rings. The molecule has 364 valence electrons. The number of anilines is 2. The highest BCUT2D eigenvalue weighted by Gasteiger charge is 2.32. The second-order valence-corrected chi connectivity index (χ2v) is 24.4. The quantitative estimate of drug-likeness (QED) is 0.123. The molecule has 0 radical (unpaired) electrons. The van der Waals surface area contributed by atoms with E-state index < -0.39 is 25.9 Å². The fourth-order valence-corrected chi connectivity index (χ4v) is 12.5. The van der Waals surface area contributed by atoms with E-state index in [2.05, 4.69) is 56.3 Å². The van der Waals surface area contributed by atoms with Gasteiger partial charge in [0.05, 0.1) is 47.5 Å². The first kappa shape index (κ1) is 51.0. The largest absolute Gasteiger partial charge is 0.493 e. The summed E-state index contributed by atoms with van der Waals surface area (Å²) in [5.74, 6) is 1.18. The zero-order valence-electron chi connectivity index (χ0n) is 39.7. The van der Waals surface area contributed by atoms with Crippen LogP contribution in [0.4, 0.5) is 14.7 Å². The molecular weight excluding hydrogens is 967 g/mol. The second-order valence-electron chi connectivity index (χ2n) is 18.4. The highest BCUT2D eigenvalue weighted by atomic mass is 35.5. The number of sulfonamides is 2. The van der Waals surface area contributed by atoms with Gasteiger partial charge in [-0.05, 0) is 70.5 Å². The van der Waals surface area contributed by atoms with Crippen LogP contribution < -0.4 is 24.0 Å². The van der Waals surface area contributed by atoms with Gasteiger partial charge < -0.3 is 24.0 Å². The van der Waals surface area contributed by atoms with Crippen LogP contribution in [-0.4, -0.2) is 109 Å². The molecule has 0 saturated carbocycles. The lowest BCUT2D eigenvalue weighted by Crippen LogP contribution is -2.48. The van der Waals surface area contributed by atoms with Gasteiger partial charge in [-0.1, -0.05) is 83.5 Å². The molecule has 8 rings (SSSR count). The monoisotopic (exact) mass is 1020 g/mol. The molecule has 0 bridgehead atoms.